The van der Waals surface area contributed by atoms with E-state index in [1.807, 2.05) is 0 Å². The molecule has 0 atom stereocenters. The summed E-state index contributed by atoms with van der Waals surface area (Å²) in [5, 5.41) is 12.6. The van der Waals surface area contributed by atoms with Crippen molar-refractivity contribution in [2.75, 3.05) is 20.2 Å². The summed E-state index contributed by atoms with van der Waals surface area (Å²) < 4.78 is 4.33. The van der Waals surface area contributed by atoms with Gasteiger partial charge in [0.1, 0.15) is 6.54 Å². The van der Waals surface area contributed by atoms with Crippen LogP contribution in [0.2, 0.25) is 0 Å². The molecule has 2 amide bonds. The molecule has 7 nitrogen and oxygen atoms in total. The van der Waals surface area contributed by atoms with Crippen LogP contribution in [0, 0.1) is 0 Å². The molecular weight excluding hydrogens is 192 g/mol. The van der Waals surface area contributed by atoms with E-state index in [9.17, 15) is 14.4 Å². The van der Waals surface area contributed by atoms with Crippen LogP contribution in [0.15, 0.2) is 0 Å². The van der Waals surface area contributed by atoms with Gasteiger partial charge in [0.05, 0.1) is 13.5 Å². The fourth-order valence-corrected chi connectivity index (χ4v) is 0.599. The van der Waals surface area contributed by atoms with Crippen molar-refractivity contribution in [1.82, 2.24) is 10.6 Å². The maximum atomic E-state index is 10.8. The van der Waals surface area contributed by atoms with Gasteiger partial charge in [-0.05, 0) is 0 Å². The first kappa shape index (κ1) is 12.2. The Hall–Kier alpha value is -1.79. The maximum Gasteiger partial charge on any atom is 0.323 e. The van der Waals surface area contributed by atoms with Gasteiger partial charge in [0.2, 0.25) is 0 Å². The smallest absolute Gasteiger partial charge is 0.323 e. The first-order valence-corrected chi connectivity index (χ1v) is 3.86. The highest BCUT2D eigenvalue weighted by Gasteiger charge is 2.04. The molecular formula is C7H12N2O5. The molecule has 0 rings (SSSR count). The van der Waals surface area contributed by atoms with Crippen LogP contribution in [-0.4, -0.2) is 43.3 Å². The summed E-state index contributed by atoms with van der Waals surface area (Å²) in [6.45, 7) is -0.345. The lowest BCUT2D eigenvalue weighted by molar-refractivity contribution is -0.140. The third-order valence-corrected chi connectivity index (χ3v) is 1.24. The van der Waals surface area contributed by atoms with Crippen molar-refractivity contribution in [3.8, 4) is 0 Å². The number of urea groups is 1. The van der Waals surface area contributed by atoms with Crippen LogP contribution in [0.3, 0.4) is 0 Å². The minimum atomic E-state index is -1.13. The van der Waals surface area contributed by atoms with E-state index >= 15 is 0 Å². The number of methoxy groups -OCH3 is 1. The molecule has 0 bridgehead atoms. The van der Waals surface area contributed by atoms with Gasteiger partial charge < -0.3 is 20.5 Å². The molecule has 3 N–H and O–H groups in total. The number of aliphatic carboxylic acids is 1. The number of esters is 1. The average molecular weight is 204 g/mol. The highest BCUT2D eigenvalue weighted by Crippen LogP contribution is 1.80. The van der Waals surface area contributed by atoms with Gasteiger partial charge in [0, 0.05) is 6.54 Å². The Morgan fingerprint density at radius 2 is 1.93 bits per heavy atom. The van der Waals surface area contributed by atoms with E-state index in [1.165, 1.54) is 7.11 Å². The molecule has 0 saturated carbocycles. The Labute approximate surface area is 80.4 Å². The molecule has 0 spiro atoms. The van der Waals surface area contributed by atoms with Crippen molar-refractivity contribution in [1.29, 1.82) is 0 Å². The Morgan fingerprint density at radius 1 is 1.29 bits per heavy atom. The van der Waals surface area contributed by atoms with Gasteiger partial charge in [0.15, 0.2) is 0 Å². The van der Waals surface area contributed by atoms with Gasteiger partial charge in [-0.1, -0.05) is 0 Å². The van der Waals surface area contributed by atoms with Crippen LogP contribution in [0.1, 0.15) is 6.42 Å². The predicted molar refractivity (Wildman–Crippen MR) is 45.7 cm³/mol. The lowest BCUT2D eigenvalue weighted by atomic mass is 10.4. The number of carboxylic acids is 1. The highest BCUT2D eigenvalue weighted by molar-refractivity contribution is 5.80. The van der Waals surface area contributed by atoms with Gasteiger partial charge in [-0.3, -0.25) is 9.59 Å². The maximum absolute atomic E-state index is 10.8. The van der Waals surface area contributed by atoms with E-state index in [2.05, 4.69) is 15.4 Å². The number of rotatable bonds is 5. The molecule has 0 fully saturated rings. The SMILES string of the molecule is COC(=O)CCNC(=O)NCC(=O)O. The lowest BCUT2D eigenvalue weighted by Gasteiger charge is -2.04. The van der Waals surface area contributed by atoms with Crippen molar-refractivity contribution in [3.05, 3.63) is 0 Å². The number of ether oxygens (including phenoxy) is 1. The normalized spacial score (nSPS) is 8.93. The first-order chi connectivity index (χ1) is 6.56. The molecule has 0 aliphatic rings. The van der Waals surface area contributed by atoms with Crippen molar-refractivity contribution in [2.45, 2.75) is 6.42 Å². The third-order valence-electron chi connectivity index (χ3n) is 1.24. The Balaban J connectivity index is 3.45. The molecule has 0 aromatic heterocycles. The van der Waals surface area contributed by atoms with Gasteiger partial charge in [0.25, 0.3) is 0 Å². The van der Waals surface area contributed by atoms with Crippen LogP contribution in [0.25, 0.3) is 0 Å². The van der Waals surface area contributed by atoms with E-state index in [4.69, 9.17) is 5.11 Å². The standard InChI is InChI=1S/C7H12N2O5/c1-14-6(12)2-3-8-7(13)9-4-5(10)11/h2-4H2,1H3,(H,10,11)(H2,8,9,13). The average Bonchev–Trinajstić information content (AvgIpc) is 2.14. The molecule has 0 unspecified atom stereocenters. The van der Waals surface area contributed by atoms with Gasteiger partial charge in [-0.25, -0.2) is 4.79 Å². The molecule has 7 heteroatoms. The summed E-state index contributed by atoms with van der Waals surface area (Å²) in [4.78, 5) is 31.4. The van der Waals surface area contributed by atoms with E-state index in [1.54, 1.807) is 0 Å². The summed E-state index contributed by atoms with van der Waals surface area (Å²) in [7, 11) is 1.24. The molecule has 0 aromatic carbocycles. The second kappa shape index (κ2) is 6.70. The first-order valence-electron chi connectivity index (χ1n) is 3.86. The zero-order valence-corrected chi connectivity index (χ0v) is 7.70. The van der Waals surface area contributed by atoms with Crippen LogP contribution in [-0.2, 0) is 14.3 Å². The summed E-state index contributed by atoms with van der Waals surface area (Å²) >= 11 is 0. The fourth-order valence-electron chi connectivity index (χ4n) is 0.599. The predicted octanol–water partition coefficient (Wildman–Crippen LogP) is -1.07. The molecule has 0 aromatic rings. The number of carbonyl (C=O) groups is 3. The summed E-state index contributed by atoms with van der Waals surface area (Å²) in [6.07, 6.45) is 0.0526. The summed E-state index contributed by atoms with van der Waals surface area (Å²) in [5.41, 5.74) is 0. The van der Waals surface area contributed by atoms with Gasteiger partial charge in [-0.15, -0.1) is 0 Å². The second-order valence-electron chi connectivity index (χ2n) is 2.33. The monoisotopic (exact) mass is 204 g/mol. The Morgan fingerprint density at radius 3 is 2.43 bits per heavy atom. The molecule has 0 aliphatic carbocycles. The molecule has 0 heterocycles. The van der Waals surface area contributed by atoms with Gasteiger partial charge in [-0.2, -0.15) is 0 Å². The topological polar surface area (TPSA) is 105 Å². The van der Waals surface area contributed by atoms with Crippen LogP contribution < -0.4 is 10.6 Å². The van der Waals surface area contributed by atoms with E-state index in [0.717, 1.165) is 0 Å². The summed E-state index contributed by atoms with van der Waals surface area (Å²) in [6, 6.07) is -0.628. The largest absolute Gasteiger partial charge is 0.480 e. The highest BCUT2D eigenvalue weighted by atomic mass is 16.5. The van der Waals surface area contributed by atoms with Crippen molar-refractivity contribution in [2.24, 2.45) is 0 Å². The molecule has 0 aliphatic heterocycles. The number of hydrogen-bond acceptors (Lipinski definition) is 4. The zero-order valence-electron chi connectivity index (χ0n) is 7.70. The molecule has 80 valence electrons. The molecule has 0 saturated heterocycles. The van der Waals surface area contributed by atoms with Crippen LogP contribution in [0.5, 0.6) is 0 Å². The van der Waals surface area contributed by atoms with E-state index < -0.39 is 24.5 Å². The Bertz CT molecular complexity index is 228. The van der Waals surface area contributed by atoms with Crippen LogP contribution in [0.4, 0.5) is 4.79 Å². The third kappa shape index (κ3) is 6.89. The zero-order chi connectivity index (χ0) is 11.0. The number of carbonyl (C=O) groups excluding carboxylic acids is 2. The molecule has 0 radical (unpaired) electrons. The van der Waals surface area contributed by atoms with Crippen molar-refractivity contribution in [3.63, 3.8) is 0 Å². The number of carboxylic acid groups (broad SMARTS) is 1. The quantitative estimate of drug-likeness (QED) is 0.495. The van der Waals surface area contributed by atoms with Crippen molar-refractivity contribution < 1.29 is 24.2 Å². The van der Waals surface area contributed by atoms with E-state index in [-0.39, 0.29) is 13.0 Å². The summed E-state index contributed by atoms with van der Waals surface area (Å²) in [5.74, 6) is -1.57. The number of nitrogens with one attached hydrogen (secondary N) is 2. The van der Waals surface area contributed by atoms with Crippen molar-refractivity contribution >= 4 is 18.0 Å². The minimum Gasteiger partial charge on any atom is -0.480 e. The Kier molecular flexibility index (Phi) is 5.84. The number of amides is 2. The van der Waals surface area contributed by atoms with E-state index in [0.29, 0.717) is 0 Å². The van der Waals surface area contributed by atoms with Crippen LogP contribution >= 0.6 is 0 Å². The number of hydrogen-bond donors (Lipinski definition) is 3. The molecule has 14 heavy (non-hydrogen) atoms. The second-order valence-corrected chi connectivity index (χ2v) is 2.33. The van der Waals surface area contributed by atoms with Gasteiger partial charge >= 0.3 is 18.0 Å². The fraction of sp³-hybridized carbons (Fsp3) is 0.571. The lowest BCUT2D eigenvalue weighted by Crippen LogP contribution is -2.39. The minimum absolute atomic E-state index is 0.0526.